The Morgan fingerprint density at radius 1 is 1.50 bits per heavy atom. The van der Waals surface area contributed by atoms with Crippen LogP contribution in [0.15, 0.2) is 29.2 Å². The van der Waals surface area contributed by atoms with Gasteiger partial charge in [0.2, 0.25) is 0 Å². The van der Waals surface area contributed by atoms with Crippen LogP contribution in [0.5, 0.6) is 0 Å². The zero-order valence-electron chi connectivity index (χ0n) is 7.27. The highest BCUT2D eigenvalue weighted by atomic mass is 32.2. The standard InChI is InChI=1S/C9H9FO3S/c10-7-2-1-3-8(6-7)14(13)5-4-9(11)12/h1-3,6H,4-5H2,(H,11,12). The summed E-state index contributed by atoms with van der Waals surface area (Å²) in [6, 6.07) is 5.36. The molecule has 0 saturated heterocycles. The van der Waals surface area contributed by atoms with E-state index in [0.717, 1.165) is 6.07 Å². The van der Waals surface area contributed by atoms with Gasteiger partial charge >= 0.3 is 5.97 Å². The second-order valence-electron chi connectivity index (χ2n) is 2.65. The van der Waals surface area contributed by atoms with Crippen molar-refractivity contribution in [3.8, 4) is 0 Å². The van der Waals surface area contributed by atoms with E-state index in [2.05, 4.69) is 0 Å². The Labute approximate surface area is 83.0 Å². The fourth-order valence-electron chi connectivity index (χ4n) is 0.906. The van der Waals surface area contributed by atoms with Gasteiger partial charge in [-0.05, 0) is 18.2 Å². The van der Waals surface area contributed by atoms with E-state index in [0.29, 0.717) is 4.90 Å². The normalized spacial score (nSPS) is 12.4. The van der Waals surface area contributed by atoms with Gasteiger partial charge < -0.3 is 5.11 Å². The number of hydrogen-bond acceptors (Lipinski definition) is 2. The Balaban J connectivity index is 2.65. The Bertz CT molecular complexity index is 365. The van der Waals surface area contributed by atoms with Crippen LogP contribution in [-0.4, -0.2) is 21.0 Å². The Kier molecular flexibility index (Phi) is 3.76. The zero-order chi connectivity index (χ0) is 10.6. The molecule has 0 amide bonds. The molecule has 1 aromatic carbocycles. The van der Waals surface area contributed by atoms with Crippen LogP contribution in [0.3, 0.4) is 0 Å². The molecule has 0 fully saturated rings. The fourth-order valence-corrected chi connectivity index (χ4v) is 1.98. The third-order valence-electron chi connectivity index (χ3n) is 1.56. The quantitative estimate of drug-likeness (QED) is 0.827. The van der Waals surface area contributed by atoms with Gasteiger partial charge in [0.25, 0.3) is 0 Å². The minimum Gasteiger partial charge on any atom is -0.481 e. The van der Waals surface area contributed by atoms with Gasteiger partial charge in [0.15, 0.2) is 0 Å². The first kappa shape index (κ1) is 10.8. The molecule has 0 bridgehead atoms. The highest BCUT2D eigenvalue weighted by Crippen LogP contribution is 2.09. The number of rotatable bonds is 4. The second-order valence-corrected chi connectivity index (χ2v) is 4.22. The van der Waals surface area contributed by atoms with E-state index in [4.69, 9.17) is 5.11 Å². The van der Waals surface area contributed by atoms with Crippen LogP contribution < -0.4 is 0 Å². The number of halogens is 1. The SMILES string of the molecule is O=C(O)CCS(=O)c1cccc(F)c1. The minimum absolute atomic E-state index is 0.0127. The van der Waals surface area contributed by atoms with Crippen LogP contribution in [0.4, 0.5) is 4.39 Å². The molecule has 5 heteroatoms. The third kappa shape index (κ3) is 3.26. The number of carboxylic acids is 1. The van der Waals surface area contributed by atoms with Crippen molar-refractivity contribution in [2.24, 2.45) is 0 Å². The van der Waals surface area contributed by atoms with Crippen molar-refractivity contribution in [3.05, 3.63) is 30.1 Å². The van der Waals surface area contributed by atoms with E-state index >= 15 is 0 Å². The van der Waals surface area contributed by atoms with Crippen LogP contribution in [0.25, 0.3) is 0 Å². The van der Waals surface area contributed by atoms with Crippen LogP contribution >= 0.6 is 0 Å². The molecule has 0 aliphatic carbocycles. The number of benzene rings is 1. The Morgan fingerprint density at radius 2 is 2.21 bits per heavy atom. The van der Waals surface area contributed by atoms with E-state index in [1.54, 1.807) is 0 Å². The predicted molar refractivity (Wildman–Crippen MR) is 49.9 cm³/mol. The summed E-state index contributed by atoms with van der Waals surface area (Å²) in [5.74, 6) is -1.46. The zero-order valence-corrected chi connectivity index (χ0v) is 8.09. The van der Waals surface area contributed by atoms with E-state index in [-0.39, 0.29) is 12.2 Å². The van der Waals surface area contributed by atoms with Crippen molar-refractivity contribution in [2.75, 3.05) is 5.75 Å². The first-order valence-corrected chi connectivity index (χ1v) is 5.27. The van der Waals surface area contributed by atoms with Gasteiger partial charge in [-0.25, -0.2) is 4.39 Å². The molecule has 0 spiro atoms. The van der Waals surface area contributed by atoms with Gasteiger partial charge in [0, 0.05) is 10.6 Å². The lowest BCUT2D eigenvalue weighted by atomic mass is 10.4. The summed E-state index contributed by atoms with van der Waals surface area (Å²) in [5.41, 5.74) is 0. The molecule has 1 unspecified atom stereocenters. The molecule has 1 atom stereocenters. The summed E-state index contributed by atoms with van der Waals surface area (Å²) in [6.07, 6.45) is -0.177. The molecule has 1 N–H and O–H groups in total. The summed E-state index contributed by atoms with van der Waals surface area (Å²) in [6.45, 7) is 0. The lowest BCUT2D eigenvalue weighted by Gasteiger charge is -1.99. The molecule has 0 saturated carbocycles. The maximum absolute atomic E-state index is 12.7. The maximum Gasteiger partial charge on any atom is 0.304 e. The number of aliphatic carboxylic acids is 1. The first-order valence-electron chi connectivity index (χ1n) is 3.95. The topological polar surface area (TPSA) is 54.4 Å². The van der Waals surface area contributed by atoms with Gasteiger partial charge in [-0.2, -0.15) is 0 Å². The number of carbonyl (C=O) groups is 1. The summed E-state index contributed by atoms with van der Waals surface area (Å²) >= 11 is 0. The van der Waals surface area contributed by atoms with Gasteiger partial charge in [-0.1, -0.05) is 6.07 Å². The molecule has 1 aromatic rings. The molecule has 0 heterocycles. The molecule has 14 heavy (non-hydrogen) atoms. The lowest BCUT2D eigenvalue weighted by molar-refractivity contribution is -0.136. The van der Waals surface area contributed by atoms with Gasteiger partial charge in [-0.15, -0.1) is 0 Å². The molecular formula is C9H9FO3S. The van der Waals surface area contributed by atoms with E-state index in [9.17, 15) is 13.4 Å². The van der Waals surface area contributed by atoms with Crippen molar-refractivity contribution < 1.29 is 18.5 Å². The molecule has 0 aliphatic heterocycles. The predicted octanol–water partition coefficient (Wildman–Crippen LogP) is 1.41. The molecular weight excluding hydrogens is 207 g/mol. The third-order valence-corrected chi connectivity index (χ3v) is 2.91. The average Bonchev–Trinajstić information content (AvgIpc) is 2.14. The van der Waals surface area contributed by atoms with Crippen molar-refractivity contribution in [3.63, 3.8) is 0 Å². The van der Waals surface area contributed by atoms with Gasteiger partial charge in [0.1, 0.15) is 5.82 Å². The van der Waals surface area contributed by atoms with E-state index < -0.39 is 22.6 Å². The second kappa shape index (κ2) is 4.85. The summed E-state index contributed by atoms with van der Waals surface area (Å²) < 4.78 is 24.1. The van der Waals surface area contributed by atoms with Gasteiger partial charge in [0.05, 0.1) is 17.2 Å². The summed E-state index contributed by atoms with van der Waals surface area (Å²) in [4.78, 5) is 10.5. The Morgan fingerprint density at radius 3 is 2.79 bits per heavy atom. The van der Waals surface area contributed by atoms with Crippen LogP contribution in [0, 0.1) is 5.82 Å². The van der Waals surface area contributed by atoms with Crippen molar-refractivity contribution in [1.82, 2.24) is 0 Å². The van der Waals surface area contributed by atoms with Crippen LogP contribution in [-0.2, 0) is 15.6 Å². The summed E-state index contributed by atoms with van der Waals surface area (Å²) in [5, 5.41) is 8.36. The van der Waals surface area contributed by atoms with Gasteiger partial charge in [-0.3, -0.25) is 9.00 Å². The first-order chi connectivity index (χ1) is 6.59. The highest BCUT2D eigenvalue weighted by molar-refractivity contribution is 7.85. The largest absolute Gasteiger partial charge is 0.481 e. The Hall–Kier alpha value is -1.23. The monoisotopic (exact) mass is 216 g/mol. The molecule has 1 rings (SSSR count). The van der Waals surface area contributed by atoms with Crippen LogP contribution in [0.2, 0.25) is 0 Å². The molecule has 0 aromatic heterocycles. The highest BCUT2D eigenvalue weighted by Gasteiger charge is 2.06. The number of hydrogen-bond donors (Lipinski definition) is 1. The average molecular weight is 216 g/mol. The lowest BCUT2D eigenvalue weighted by Crippen LogP contribution is -2.04. The minimum atomic E-state index is -1.44. The van der Waals surface area contributed by atoms with Crippen LogP contribution in [0.1, 0.15) is 6.42 Å². The summed E-state index contributed by atoms with van der Waals surface area (Å²) in [7, 11) is -1.44. The maximum atomic E-state index is 12.7. The van der Waals surface area contributed by atoms with E-state index in [1.165, 1.54) is 18.2 Å². The van der Waals surface area contributed by atoms with Crippen molar-refractivity contribution in [1.29, 1.82) is 0 Å². The molecule has 0 radical (unpaired) electrons. The molecule has 76 valence electrons. The molecule has 0 aliphatic rings. The van der Waals surface area contributed by atoms with Crippen molar-refractivity contribution in [2.45, 2.75) is 11.3 Å². The molecule has 3 nitrogen and oxygen atoms in total. The fraction of sp³-hybridized carbons (Fsp3) is 0.222. The van der Waals surface area contributed by atoms with E-state index in [1.807, 2.05) is 0 Å². The smallest absolute Gasteiger partial charge is 0.304 e. The number of carboxylic acid groups (broad SMARTS) is 1. The van der Waals surface area contributed by atoms with Crippen molar-refractivity contribution >= 4 is 16.8 Å².